The number of carbonyl (C=O) groups excluding carboxylic acids is 11. The van der Waals surface area contributed by atoms with Gasteiger partial charge >= 0.3 is 0 Å². The highest BCUT2D eigenvalue weighted by Gasteiger charge is 2.41. The minimum atomic E-state index is -1.88. The number of nitrogens with one attached hydrogen (secondary N) is 7. The lowest BCUT2D eigenvalue weighted by molar-refractivity contribution is -0.143. The Morgan fingerprint density at radius 1 is 0.574 bits per heavy atom. The summed E-state index contributed by atoms with van der Waals surface area (Å²) in [5.41, 5.74) is 49.7. The molecular weight excluding hydrogens is 1220 g/mol. The molecule has 0 radical (unpaired) electrons. The van der Waals surface area contributed by atoms with Crippen molar-refractivity contribution in [1.29, 1.82) is 0 Å². The highest BCUT2D eigenvalue weighted by atomic mass is 16.5. The summed E-state index contributed by atoms with van der Waals surface area (Å²) in [6.07, 6.45) is -2.06. The molecule has 94 heavy (non-hydrogen) atoms. The Morgan fingerprint density at radius 3 is 1.64 bits per heavy atom. The highest BCUT2D eigenvalue weighted by molar-refractivity contribution is 6.01. The molecule has 0 saturated carbocycles. The van der Waals surface area contributed by atoms with Crippen molar-refractivity contribution in [2.24, 2.45) is 55.2 Å². The van der Waals surface area contributed by atoms with Crippen LogP contribution in [0.3, 0.4) is 0 Å². The quantitative estimate of drug-likeness (QED) is 0.00569. The van der Waals surface area contributed by atoms with Crippen molar-refractivity contribution in [3.63, 3.8) is 0 Å². The van der Waals surface area contributed by atoms with Gasteiger partial charge in [-0.1, -0.05) is 71.8 Å². The van der Waals surface area contributed by atoms with Gasteiger partial charge in [-0.3, -0.25) is 62.7 Å². The van der Waals surface area contributed by atoms with Gasteiger partial charge in [-0.2, -0.15) is 0 Å². The number of nitrogens with two attached hydrogens (primary N) is 7. The fourth-order valence-corrected chi connectivity index (χ4v) is 9.99. The molecule has 8 atom stereocenters. The topological polar surface area (TPSA) is 560 Å². The van der Waals surface area contributed by atoms with Gasteiger partial charge in [0.1, 0.15) is 59.8 Å². The Kier molecular flexibility index (Phi) is 28.8. The molecule has 33 heteroatoms. The fraction of sp³-hybridized carbons (Fsp3) is 0.393. The molecule has 0 aromatic heterocycles. The Labute approximate surface area is 540 Å². The number of aromatic hydroxyl groups is 1. The number of aliphatic imine (C=N–C) groups is 2. The third-order valence-corrected chi connectivity index (χ3v) is 14.8. The van der Waals surface area contributed by atoms with Gasteiger partial charge < -0.3 is 92.1 Å². The standard InChI is InChI=1S/C61H80N20O13/c1-94-40-22-18-36(19-23-40)31-45(76-52(86)37-11-5-12-38(32-37)79-80-69)56(90)77-46(30-34-9-3-2-4-10-34)55(89)72-42(24-25-49(62)83)54(88)78-47(33-50(63)84)57(91)74-43(14-7-27-71-61(67)68)59(93)81-28-8-15-48(81)58(92)73-41(13-6-26-70-60(65)66)53(87)75-44(51(64)85)29-35-16-20-39(82)21-17-35/h2-5,9-12,16-23,32,41-48,82H,6-8,13-15,24-31,33H2,1H3,(H2,62,83)(H2,63,84)(H2,64,85)(H,72,89)(H,73,92)(H,74,91)(H,75,87)(H,76,86)(H,77,90)(H,78,88)(H4,65,66,70)(H4,67,68,71)/t41-,42-,43-,44-,45+,46-,47-,48-/m0/s1. The zero-order valence-corrected chi connectivity index (χ0v) is 51.6. The number of azide groups is 1. The number of likely N-dealkylation sites (tertiary alicyclic amines) is 1. The number of benzene rings is 4. The fourth-order valence-electron chi connectivity index (χ4n) is 9.99. The molecule has 0 spiro atoms. The zero-order chi connectivity index (χ0) is 68.9. The SMILES string of the molecule is COc1ccc(C[C@@H](NC(=O)c2cccc(N=[N+]=[N-])c2)C(=O)N[C@@H](Cc2ccccc2)C(=O)N[C@@H](CCC(N)=O)C(=O)N[C@@H](CC(N)=O)C(=O)N[C@@H](CCCN=C(N)N)C(=O)N2CCC[C@H]2C(=O)N[C@@H](CCCN=C(N)N)C(=O)N[C@@H](Cc2ccc(O)cc2)C(N)=O)cc1. The Morgan fingerprint density at radius 2 is 1.07 bits per heavy atom. The number of guanidine groups is 2. The van der Waals surface area contributed by atoms with Crippen LogP contribution in [-0.4, -0.2) is 162 Å². The molecule has 4 aromatic rings. The van der Waals surface area contributed by atoms with Crippen LogP contribution in [0.15, 0.2) is 118 Å². The number of amides is 11. The molecule has 1 fully saturated rings. The van der Waals surface area contributed by atoms with Crippen molar-refractivity contribution < 1.29 is 62.6 Å². The van der Waals surface area contributed by atoms with Gasteiger partial charge in [-0.25, -0.2) is 0 Å². The number of phenols is 1. The first-order chi connectivity index (χ1) is 44.8. The molecule has 0 bridgehead atoms. The van der Waals surface area contributed by atoms with E-state index in [0.29, 0.717) is 22.4 Å². The largest absolute Gasteiger partial charge is 0.508 e. The Hall–Kier alpha value is -11.5. The van der Waals surface area contributed by atoms with Crippen LogP contribution in [0.5, 0.6) is 11.5 Å². The number of nitrogens with zero attached hydrogens (tertiary/aromatic N) is 6. The maximum absolute atomic E-state index is 14.8. The molecule has 0 unspecified atom stereocenters. The van der Waals surface area contributed by atoms with E-state index in [-0.39, 0.29) is 106 Å². The summed E-state index contributed by atoms with van der Waals surface area (Å²) in [5.74, 6) is -10.3. The van der Waals surface area contributed by atoms with E-state index in [4.69, 9.17) is 50.4 Å². The van der Waals surface area contributed by atoms with E-state index >= 15 is 0 Å². The number of methoxy groups -OCH3 is 1. The van der Waals surface area contributed by atoms with E-state index in [0.717, 1.165) is 0 Å². The van der Waals surface area contributed by atoms with Gasteiger partial charge in [0.2, 0.25) is 59.1 Å². The number of rotatable bonds is 37. The van der Waals surface area contributed by atoms with Crippen molar-refractivity contribution in [2.75, 3.05) is 26.7 Å². The van der Waals surface area contributed by atoms with Crippen LogP contribution in [0, 0.1) is 0 Å². The van der Waals surface area contributed by atoms with Crippen LogP contribution in [0.4, 0.5) is 5.69 Å². The molecule has 11 amide bonds. The molecule has 4 aromatic carbocycles. The van der Waals surface area contributed by atoms with Gasteiger partial charge in [-0.05, 0) is 104 Å². The summed E-state index contributed by atoms with van der Waals surface area (Å²) in [5, 5.41) is 31.4. The average Bonchev–Trinajstić information content (AvgIpc) is 1.58. The zero-order valence-electron chi connectivity index (χ0n) is 51.6. The van der Waals surface area contributed by atoms with E-state index in [1.165, 1.54) is 60.5 Å². The minimum absolute atomic E-state index is 0.0268. The lowest BCUT2D eigenvalue weighted by Crippen LogP contribution is -2.60. The highest BCUT2D eigenvalue weighted by Crippen LogP contribution is 2.22. The van der Waals surface area contributed by atoms with Crippen LogP contribution in [0.25, 0.3) is 10.4 Å². The summed E-state index contributed by atoms with van der Waals surface area (Å²) < 4.78 is 5.28. The molecule has 1 saturated heterocycles. The Balaban J connectivity index is 1.40. The Bertz CT molecular complexity index is 3430. The molecule has 33 nitrogen and oxygen atoms in total. The van der Waals surface area contributed by atoms with Gasteiger partial charge in [0.05, 0.1) is 13.5 Å². The molecular formula is C61H80N20O13. The van der Waals surface area contributed by atoms with E-state index < -0.39 is 133 Å². The second-order valence-corrected chi connectivity index (χ2v) is 21.9. The second kappa shape index (κ2) is 37.0. The van der Waals surface area contributed by atoms with E-state index in [1.807, 2.05) is 0 Å². The van der Waals surface area contributed by atoms with Crippen molar-refractivity contribution in [1.82, 2.24) is 42.1 Å². The summed E-state index contributed by atoms with van der Waals surface area (Å²) in [6.45, 7) is -0.0461. The van der Waals surface area contributed by atoms with Gasteiger partial charge in [-0.15, -0.1) is 0 Å². The number of primary amides is 3. The van der Waals surface area contributed by atoms with Crippen LogP contribution < -0.4 is 82.1 Å². The summed E-state index contributed by atoms with van der Waals surface area (Å²) in [4.78, 5) is 165. The van der Waals surface area contributed by atoms with Crippen molar-refractivity contribution in [3.8, 4) is 11.5 Å². The summed E-state index contributed by atoms with van der Waals surface area (Å²) in [6, 6.07) is 14.5. The molecule has 5 rings (SSSR count). The lowest BCUT2D eigenvalue weighted by Gasteiger charge is -2.31. The summed E-state index contributed by atoms with van der Waals surface area (Å²) >= 11 is 0. The van der Waals surface area contributed by atoms with E-state index in [2.05, 4.69) is 57.2 Å². The van der Waals surface area contributed by atoms with Crippen LogP contribution >= 0.6 is 0 Å². The number of ether oxygens (including phenoxy) is 1. The number of phenolic OH excluding ortho intramolecular Hbond substituents is 1. The first-order valence-electron chi connectivity index (χ1n) is 29.8. The van der Waals surface area contributed by atoms with Gasteiger partial charge in [0.15, 0.2) is 11.9 Å². The minimum Gasteiger partial charge on any atom is -0.508 e. The van der Waals surface area contributed by atoms with Gasteiger partial charge in [0.25, 0.3) is 5.91 Å². The molecule has 0 aliphatic carbocycles. The first-order valence-corrected chi connectivity index (χ1v) is 29.8. The van der Waals surface area contributed by atoms with Crippen LogP contribution in [0.1, 0.15) is 84.8 Å². The molecule has 1 heterocycles. The molecule has 502 valence electrons. The monoisotopic (exact) mass is 1300 g/mol. The third-order valence-electron chi connectivity index (χ3n) is 14.8. The lowest BCUT2D eigenvalue weighted by atomic mass is 10.0. The van der Waals surface area contributed by atoms with E-state index in [1.54, 1.807) is 54.6 Å². The summed E-state index contributed by atoms with van der Waals surface area (Å²) in [7, 11) is 1.46. The first kappa shape index (κ1) is 73.2. The van der Waals surface area contributed by atoms with Crippen molar-refractivity contribution >= 4 is 82.6 Å². The maximum atomic E-state index is 14.8. The average molecular weight is 1300 g/mol. The smallest absolute Gasteiger partial charge is 0.251 e. The number of carbonyl (C=O) groups is 11. The van der Waals surface area contributed by atoms with Crippen molar-refractivity contribution in [2.45, 2.75) is 125 Å². The van der Waals surface area contributed by atoms with Crippen LogP contribution in [-0.2, 0) is 67.2 Å². The normalized spacial score (nSPS) is 14.6. The maximum Gasteiger partial charge on any atom is 0.251 e. The number of hydrogen-bond acceptors (Lipinski definition) is 16. The number of hydrogen-bond donors (Lipinski definition) is 15. The van der Waals surface area contributed by atoms with Gasteiger partial charge in [0, 0.05) is 61.5 Å². The third kappa shape index (κ3) is 24.4. The predicted octanol–water partition coefficient (Wildman–Crippen LogP) is -2.20. The predicted molar refractivity (Wildman–Crippen MR) is 343 cm³/mol. The van der Waals surface area contributed by atoms with Crippen molar-refractivity contribution in [3.05, 3.63) is 136 Å². The molecule has 1 aliphatic heterocycles. The molecule has 22 N–H and O–H groups in total. The van der Waals surface area contributed by atoms with E-state index in [9.17, 15) is 57.8 Å². The second-order valence-electron chi connectivity index (χ2n) is 21.9. The molecule has 1 aliphatic rings. The van der Waals surface area contributed by atoms with Crippen LogP contribution in [0.2, 0.25) is 0 Å².